The van der Waals surface area contributed by atoms with Gasteiger partial charge in [0, 0.05) is 9.35 Å². The summed E-state index contributed by atoms with van der Waals surface area (Å²) in [6.45, 7) is 2.08. The second-order valence-electron chi connectivity index (χ2n) is 3.55. The third-order valence-corrected chi connectivity index (χ3v) is 4.72. The highest BCUT2D eigenvalue weighted by Gasteiger charge is 2.16. The van der Waals surface area contributed by atoms with Gasteiger partial charge in [0.1, 0.15) is 0 Å². The van der Waals surface area contributed by atoms with Crippen LogP contribution in [0.2, 0.25) is 5.02 Å². The molecule has 1 unspecified atom stereocenters. The Morgan fingerprint density at radius 3 is 2.69 bits per heavy atom. The van der Waals surface area contributed by atoms with Crippen molar-refractivity contribution in [2.24, 2.45) is 5.73 Å². The molecule has 0 aliphatic heterocycles. The molecule has 2 N–H and O–H groups in total. The highest BCUT2D eigenvalue weighted by Crippen LogP contribution is 2.34. The summed E-state index contributed by atoms with van der Waals surface area (Å²) in [6.07, 6.45) is 0. The fourth-order valence-electron chi connectivity index (χ4n) is 1.65. The Hall–Kier alpha value is -0.350. The van der Waals surface area contributed by atoms with Crippen LogP contribution in [0.5, 0.6) is 0 Å². The lowest BCUT2D eigenvalue weighted by molar-refractivity contribution is 0.869. The maximum Gasteiger partial charge on any atom is 0.0599 e. The molecule has 0 aliphatic rings. The van der Waals surface area contributed by atoms with Crippen LogP contribution in [-0.2, 0) is 0 Å². The van der Waals surface area contributed by atoms with Crippen molar-refractivity contribution in [2.45, 2.75) is 13.0 Å². The maximum absolute atomic E-state index is 6.23. The van der Waals surface area contributed by atoms with Crippen LogP contribution in [0.15, 0.2) is 34.1 Å². The fourth-order valence-corrected chi connectivity index (χ4v) is 3.02. The lowest BCUT2D eigenvalue weighted by Crippen LogP contribution is -2.12. The summed E-state index contributed by atoms with van der Waals surface area (Å²) in [4.78, 5) is 1.24. The Kier molecular flexibility index (Phi) is 3.70. The van der Waals surface area contributed by atoms with Gasteiger partial charge < -0.3 is 5.73 Å². The van der Waals surface area contributed by atoms with Gasteiger partial charge >= 0.3 is 0 Å². The first-order chi connectivity index (χ1) is 7.61. The smallest absolute Gasteiger partial charge is 0.0599 e. The van der Waals surface area contributed by atoms with Crippen molar-refractivity contribution in [3.63, 3.8) is 0 Å². The molecule has 1 nitrogen and oxygen atoms in total. The van der Waals surface area contributed by atoms with Crippen molar-refractivity contribution < 1.29 is 0 Å². The topological polar surface area (TPSA) is 26.0 Å². The second-order valence-corrected chi connectivity index (χ2v) is 5.91. The molecule has 2 rings (SSSR count). The molecule has 1 aromatic carbocycles. The van der Waals surface area contributed by atoms with E-state index in [1.807, 2.05) is 18.2 Å². The molecule has 1 heterocycles. The number of thiophene rings is 1. The van der Waals surface area contributed by atoms with Crippen molar-refractivity contribution in [1.82, 2.24) is 0 Å². The zero-order chi connectivity index (χ0) is 11.7. The SMILES string of the molecule is Cc1sccc1C(N)c1cccc(Br)c1Cl. The highest BCUT2D eigenvalue weighted by atomic mass is 79.9. The molecule has 0 amide bonds. The van der Waals surface area contributed by atoms with Gasteiger partial charge in [0.15, 0.2) is 0 Å². The van der Waals surface area contributed by atoms with Crippen LogP contribution in [0.4, 0.5) is 0 Å². The number of hydrogen-bond acceptors (Lipinski definition) is 2. The van der Waals surface area contributed by atoms with E-state index < -0.39 is 0 Å². The van der Waals surface area contributed by atoms with Crippen LogP contribution in [0.25, 0.3) is 0 Å². The number of nitrogens with two attached hydrogens (primary N) is 1. The largest absolute Gasteiger partial charge is 0.320 e. The summed E-state index contributed by atoms with van der Waals surface area (Å²) < 4.78 is 0.884. The van der Waals surface area contributed by atoms with Crippen LogP contribution < -0.4 is 5.73 Å². The van der Waals surface area contributed by atoms with Gasteiger partial charge in [-0.2, -0.15) is 0 Å². The van der Waals surface area contributed by atoms with Crippen molar-refractivity contribution in [2.75, 3.05) is 0 Å². The molecule has 0 radical (unpaired) electrons. The first kappa shape index (κ1) is 12.1. The predicted octanol–water partition coefficient (Wildman–Crippen LogP) is 4.52. The van der Waals surface area contributed by atoms with Crippen molar-refractivity contribution in [3.8, 4) is 0 Å². The van der Waals surface area contributed by atoms with E-state index >= 15 is 0 Å². The lowest BCUT2D eigenvalue weighted by Gasteiger charge is -2.14. The van der Waals surface area contributed by atoms with E-state index in [-0.39, 0.29) is 6.04 Å². The molecule has 0 saturated carbocycles. The number of hydrogen-bond donors (Lipinski definition) is 1. The van der Waals surface area contributed by atoms with Gasteiger partial charge in [0.2, 0.25) is 0 Å². The molecular weight excluding hydrogens is 306 g/mol. The zero-order valence-electron chi connectivity index (χ0n) is 8.71. The lowest BCUT2D eigenvalue weighted by atomic mass is 10.0. The molecule has 4 heteroatoms. The summed E-state index contributed by atoms with van der Waals surface area (Å²) in [7, 11) is 0. The van der Waals surface area contributed by atoms with Crippen molar-refractivity contribution in [3.05, 3.63) is 55.1 Å². The molecular formula is C12H11BrClNS. The Balaban J connectivity index is 2.46. The molecule has 84 valence electrons. The third kappa shape index (κ3) is 2.18. The van der Waals surface area contributed by atoms with Crippen molar-refractivity contribution >= 4 is 38.9 Å². The van der Waals surface area contributed by atoms with E-state index in [0.29, 0.717) is 5.02 Å². The van der Waals surface area contributed by atoms with Gasteiger partial charge in [-0.3, -0.25) is 0 Å². The monoisotopic (exact) mass is 315 g/mol. The fraction of sp³-hybridized carbons (Fsp3) is 0.167. The standard InChI is InChI=1S/C12H11BrClNS/c1-7-8(5-6-16-7)12(15)9-3-2-4-10(13)11(9)14/h2-6,12H,15H2,1H3. The van der Waals surface area contributed by atoms with Crippen LogP contribution in [-0.4, -0.2) is 0 Å². The summed E-state index contributed by atoms with van der Waals surface area (Å²) >= 11 is 11.3. The molecule has 0 fully saturated rings. The first-order valence-corrected chi connectivity index (χ1v) is 6.90. The van der Waals surface area contributed by atoms with E-state index in [0.717, 1.165) is 15.6 Å². The normalized spacial score (nSPS) is 12.8. The van der Waals surface area contributed by atoms with E-state index in [4.69, 9.17) is 17.3 Å². The molecule has 0 aliphatic carbocycles. The minimum absolute atomic E-state index is 0.156. The summed E-state index contributed by atoms with van der Waals surface area (Å²) in [5.41, 5.74) is 8.33. The van der Waals surface area contributed by atoms with Crippen LogP contribution in [0, 0.1) is 6.92 Å². The quantitative estimate of drug-likeness (QED) is 0.866. The summed E-state index contributed by atoms with van der Waals surface area (Å²) in [5, 5.41) is 2.75. The average Bonchev–Trinajstić information content (AvgIpc) is 2.68. The third-order valence-electron chi connectivity index (χ3n) is 2.55. The number of halogens is 2. The highest BCUT2D eigenvalue weighted by molar-refractivity contribution is 9.10. The molecule has 16 heavy (non-hydrogen) atoms. The Morgan fingerprint density at radius 2 is 2.06 bits per heavy atom. The molecule has 2 aromatic rings. The molecule has 0 spiro atoms. The molecule has 1 atom stereocenters. The van der Waals surface area contributed by atoms with Gasteiger partial charge in [0.25, 0.3) is 0 Å². The maximum atomic E-state index is 6.23. The van der Waals surface area contributed by atoms with Gasteiger partial charge in [-0.25, -0.2) is 0 Å². The zero-order valence-corrected chi connectivity index (χ0v) is 11.9. The van der Waals surface area contributed by atoms with Crippen LogP contribution >= 0.6 is 38.9 Å². The van der Waals surface area contributed by atoms with E-state index in [2.05, 4.69) is 34.3 Å². The van der Waals surface area contributed by atoms with Gasteiger partial charge in [-0.1, -0.05) is 23.7 Å². The van der Waals surface area contributed by atoms with Gasteiger partial charge in [-0.05, 0) is 51.5 Å². The summed E-state index contributed by atoms with van der Waals surface area (Å²) in [6, 6.07) is 7.74. The van der Waals surface area contributed by atoms with Crippen LogP contribution in [0.3, 0.4) is 0 Å². The number of aryl methyl sites for hydroxylation is 1. The van der Waals surface area contributed by atoms with E-state index in [1.165, 1.54) is 4.88 Å². The predicted molar refractivity (Wildman–Crippen MR) is 74.2 cm³/mol. The first-order valence-electron chi connectivity index (χ1n) is 4.84. The minimum Gasteiger partial charge on any atom is -0.320 e. The van der Waals surface area contributed by atoms with Gasteiger partial charge in [-0.15, -0.1) is 11.3 Å². The Labute approximate surface area is 112 Å². The molecule has 1 aromatic heterocycles. The second kappa shape index (κ2) is 4.88. The molecule has 0 saturated heterocycles. The van der Waals surface area contributed by atoms with Gasteiger partial charge in [0.05, 0.1) is 11.1 Å². The number of benzene rings is 1. The van der Waals surface area contributed by atoms with E-state index in [9.17, 15) is 0 Å². The van der Waals surface area contributed by atoms with Crippen LogP contribution in [0.1, 0.15) is 22.0 Å². The minimum atomic E-state index is -0.156. The van der Waals surface area contributed by atoms with Crippen molar-refractivity contribution in [1.29, 1.82) is 0 Å². The Morgan fingerprint density at radius 1 is 1.31 bits per heavy atom. The van der Waals surface area contributed by atoms with E-state index in [1.54, 1.807) is 11.3 Å². The summed E-state index contributed by atoms with van der Waals surface area (Å²) in [5.74, 6) is 0. The Bertz CT molecular complexity index is 509. The molecule has 0 bridgehead atoms. The number of rotatable bonds is 2. The average molecular weight is 317 g/mol.